The van der Waals surface area contributed by atoms with Crippen molar-refractivity contribution in [3.63, 3.8) is 0 Å². The Hall–Kier alpha value is -1.63. The molecule has 3 heterocycles. The average Bonchev–Trinajstić information content (AvgIpc) is 3.15. The lowest BCUT2D eigenvalue weighted by Crippen LogP contribution is -2.50. The molecule has 114 valence electrons. The first kappa shape index (κ1) is 14.0. The molecular weight excluding hydrogens is 320 g/mol. The summed E-state index contributed by atoms with van der Waals surface area (Å²) in [4.78, 5) is 6.83. The number of oxazole rings is 1. The van der Waals surface area contributed by atoms with E-state index in [1.165, 1.54) is 11.5 Å². The van der Waals surface area contributed by atoms with E-state index in [1.807, 2.05) is 23.6 Å². The van der Waals surface area contributed by atoms with Crippen LogP contribution in [0.4, 0.5) is 6.01 Å². The van der Waals surface area contributed by atoms with Crippen LogP contribution in [0.1, 0.15) is 6.92 Å². The van der Waals surface area contributed by atoms with Crippen molar-refractivity contribution in [2.75, 3.05) is 24.5 Å². The van der Waals surface area contributed by atoms with Gasteiger partial charge >= 0.3 is 0 Å². The van der Waals surface area contributed by atoms with E-state index in [4.69, 9.17) is 16.0 Å². The van der Waals surface area contributed by atoms with Crippen molar-refractivity contribution >= 4 is 40.2 Å². The zero-order chi connectivity index (χ0) is 15.1. The normalized spacial score (nSPS) is 19.0. The second-order valence-corrected chi connectivity index (χ2v) is 6.53. The van der Waals surface area contributed by atoms with Gasteiger partial charge in [-0.05, 0) is 36.7 Å². The molecule has 22 heavy (non-hydrogen) atoms. The van der Waals surface area contributed by atoms with Crippen molar-refractivity contribution in [2.24, 2.45) is 0 Å². The molecule has 3 aromatic rings. The monoisotopic (exact) mass is 334 g/mol. The predicted molar refractivity (Wildman–Crippen MR) is 89.8 cm³/mol. The fourth-order valence-electron chi connectivity index (χ4n) is 2.78. The molecule has 0 saturated carbocycles. The van der Waals surface area contributed by atoms with Crippen molar-refractivity contribution in [3.8, 4) is 11.3 Å². The summed E-state index contributed by atoms with van der Waals surface area (Å²) in [6.07, 6.45) is 0. The van der Waals surface area contributed by atoms with E-state index in [1.54, 1.807) is 0 Å². The van der Waals surface area contributed by atoms with Gasteiger partial charge in [0.1, 0.15) is 5.52 Å². The fourth-order valence-corrected chi connectivity index (χ4v) is 3.51. The van der Waals surface area contributed by atoms with E-state index < -0.39 is 0 Å². The minimum absolute atomic E-state index is 0.347. The molecule has 1 unspecified atom stereocenters. The molecule has 7 heteroatoms. The number of halogens is 1. The second-order valence-electron chi connectivity index (χ2n) is 5.43. The van der Waals surface area contributed by atoms with Crippen LogP contribution in [0.3, 0.4) is 0 Å². The maximum atomic E-state index is 6.23. The van der Waals surface area contributed by atoms with E-state index in [2.05, 4.69) is 26.5 Å². The van der Waals surface area contributed by atoms with Gasteiger partial charge in [0.2, 0.25) is 0 Å². The molecule has 4 rings (SSSR count). The molecule has 0 aliphatic carbocycles. The Labute approximate surface area is 137 Å². The highest BCUT2D eigenvalue weighted by Crippen LogP contribution is 2.34. The Bertz CT molecular complexity index is 801. The summed E-state index contributed by atoms with van der Waals surface area (Å²) in [6.45, 7) is 4.91. The third kappa shape index (κ3) is 2.37. The molecule has 0 radical (unpaired) electrons. The van der Waals surface area contributed by atoms with Gasteiger partial charge in [0.05, 0.1) is 5.69 Å². The van der Waals surface area contributed by atoms with E-state index in [-0.39, 0.29) is 0 Å². The number of hydrogen-bond acceptors (Lipinski definition) is 6. The summed E-state index contributed by atoms with van der Waals surface area (Å²) in [5.74, 6) is 0. The van der Waals surface area contributed by atoms with Gasteiger partial charge in [-0.3, -0.25) is 0 Å². The highest BCUT2D eigenvalue weighted by atomic mass is 35.5. The number of anilines is 1. The highest BCUT2D eigenvalue weighted by Gasteiger charge is 2.24. The molecule has 1 fully saturated rings. The molecule has 2 aromatic heterocycles. The third-order valence-corrected chi connectivity index (χ3v) is 4.68. The average molecular weight is 335 g/mol. The van der Waals surface area contributed by atoms with Crippen LogP contribution in [-0.4, -0.2) is 35.0 Å². The number of rotatable bonds is 2. The van der Waals surface area contributed by atoms with Crippen molar-refractivity contribution in [3.05, 3.63) is 28.6 Å². The molecule has 1 N–H and O–H groups in total. The maximum Gasteiger partial charge on any atom is 0.298 e. The lowest BCUT2D eigenvalue weighted by molar-refractivity contribution is 0.456. The van der Waals surface area contributed by atoms with Crippen LogP contribution in [0.5, 0.6) is 0 Å². The zero-order valence-corrected chi connectivity index (χ0v) is 13.6. The molecule has 0 spiro atoms. The number of piperazine rings is 1. The van der Waals surface area contributed by atoms with Gasteiger partial charge in [0.15, 0.2) is 5.58 Å². The fraction of sp³-hybridized carbons (Fsp3) is 0.333. The summed E-state index contributed by atoms with van der Waals surface area (Å²) >= 11 is 7.65. The number of aromatic nitrogens is 2. The van der Waals surface area contributed by atoms with Crippen molar-refractivity contribution in [2.45, 2.75) is 13.0 Å². The first-order chi connectivity index (χ1) is 10.7. The smallest absolute Gasteiger partial charge is 0.298 e. The third-order valence-electron chi connectivity index (χ3n) is 3.90. The Morgan fingerprint density at radius 2 is 2.36 bits per heavy atom. The van der Waals surface area contributed by atoms with Crippen LogP contribution < -0.4 is 10.2 Å². The summed E-state index contributed by atoms with van der Waals surface area (Å²) in [5.41, 5.74) is 3.28. The molecule has 1 aliphatic rings. The van der Waals surface area contributed by atoms with Crippen molar-refractivity contribution < 1.29 is 4.42 Å². The topological polar surface area (TPSA) is 54.2 Å². The molecule has 1 atom stereocenters. The minimum Gasteiger partial charge on any atom is -0.423 e. The summed E-state index contributed by atoms with van der Waals surface area (Å²) < 4.78 is 10.5. The lowest BCUT2D eigenvalue weighted by Gasteiger charge is -2.32. The SMILES string of the molecule is CC1CNCCN1c1nc2cc(Cl)cc(-c3ccsn3)c2o1. The van der Waals surface area contributed by atoms with Gasteiger partial charge in [-0.2, -0.15) is 9.36 Å². The second kappa shape index (κ2) is 5.53. The number of nitrogens with zero attached hydrogens (tertiary/aromatic N) is 3. The Morgan fingerprint density at radius 1 is 1.45 bits per heavy atom. The number of nitrogens with one attached hydrogen (secondary N) is 1. The van der Waals surface area contributed by atoms with Gasteiger partial charge in [0, 0.05) is 41.6 Å². The van der Waals surface area contributed by atoms with E-state index in [0.717, 1.165) is 42.0 Å². The first-order valence-electron chi connectivity index (χ1n) is 7.20. The quantitative estimate of drug-likeness (QED) is 0.778. The standard InChI is InChI=1S/C15H15ClN4OS/c1-9-8-17-3-4-20(9)15-18-13-7-10(16)6-11(14(13)21-15)12-2-5-22-19-12/h2,5-7,9,17H,3-4,8H2,1H3. The van der Waals surface area contributed by atoms with Crippen molar-refractivity contribution in [1.82, 2.24) is 14.7 Å². The Balaban J connectivity index is 1.85. The lowest BCUT2D eigenvalue weighted by atomic mass is 10.1. The van der Waals surface area contributed by atoms with Gasteiger partial charge in [-0.15, -0.1) is 0 Å². The number of fused-ring (bicyclic) bond motifs is 1. The van der Waals surface area contributed by atoms with E-state index >= 15 is 0 Å². The van der Waals surface area contributed by atoms with Crippen LogP contribution in [-0.2, 0) is 0 Å². The molecule has 1 saturated heterocycles. The first-order valence-corrected chi connectivity index (χ1v) is 8.42. The summed E-state index contributed by atoms with van der Waals surface area (Å²) in [5, 5.41) is 5.95. The van der Waals surface area contributed by atoms with Crippen LogP contribution in [0.15, 0.2) is 28.0 Å². The van der Waals surface area contributed by atoms with E-state index in [0.29, 0.717) is 17.1 Å². The van der Waals surface area contributed by atoms with Crippen LogP contribution in [0.2, 0.25) is 5.02 Å². The predicted octanol–water partition coefficient (Wildman–Crippen LogP) is 3.40. The Morgan fingerprint density at radius 3 is 3.14 bits per heavy atom. The molecule has 0 amide bonds. The van der Waals surface area contributed by atoms with Crippen molar-refractivity contribution in [1.29, 1.82) is 0 Å². The van der Waals surface area contributed by atoms with Gasteiger partial charge in [-0.1, -0.05) is 11.6 Å². The molecule has 0 bridgehead atoms. The Kier molecular flexibility index (Phi) is 3.52. The highest BCUT2D eigenvalue weighted by molar-refractivity contribution is 7.03. The maximum absolute atomic E-state index is 6.23. The number of hydrogen-bond donors (Lipinski definition) is 1. The van der Waals surface area contributed by atoms with Crippen LogP contribution in [0, 0.1) is 0 Å². The number of benzene rings is 1. The van der Waals surface area contributed by atoms with Crippen LogP contribution >= 0.6 is 23.1 Å². The largest absolute Gasteiger partial charge is 0.423 e. The minimum atomic E-state index is 0.347. The summed E-state index contributed by atoms with van der Waals surface area (Å²) in [6, 6.07) is 6.69. The van der Waals surface area contributed by atoms with Gasteiger partial charge in [-0.25, -0.2) is 0 Å². The summed E-state index contributed by atoms with van der Waals surface area (Å²) in [7, 11) is 0. The molecule has 5 nitrogen and oxygen atoms in total. The molecule has 1 aromatic carbocycles. The van der Waals surface area contributed by atoms with E-state index in [9.17, 15) is 0 Å². The molecular formula is C15H15ClN4OS. The van der Waals surface area contributed by atoms with Gasteiger partial charge < -0.3 is 14.6 Å². The van der Waals surface area contributed by atoms with Crippen LogP contribution in [0.25, 0.3) is 22.4 Å². The zero-order valence-electron chi connectivity index (χ0n) is 12.0. The molecule has 1 aliphatic heterocycles. The van der Waals surface area contributed by atoms with Gasteiger partial charge in [0.25, 0.3) is 6.01 Å².